The number of amides is 1. The maximum Gasteiger partial charge on any atom is 0.234 e. The summed E-state index contributed by atoms with van der Waals surface area (Å²) in [6.45, 7) is 1.32. The lowest BCUT2D eigenvalue weighted by Crippen LogP contribution is -2.53. The first-order valence-electron chi connectivity index (χ1n) is 8.20. The molecule has 5 heteroatoms. The van der Waals surface area contributed by atoms with E-state index in [1.54, 1.807) is 0 Å². The number of nitrogens with zero attached hydrogens (tertiary/aromatic N) is 1. The lowest BCUT2D eigenvalue weighted by atomic mass is 9.49. The molecule has 5 rings (SSSR count). The number of hydrogen-bond donors (Lipinski definition) is 1. The molecule has 1 aliphatic heterocycles. The van der Waals surface area contributed by atoms with Gasteiger partial charge in [-0.25, -0.2) is 4.39 Å². The zero-order valence-electron chi connectivity index (χ0n) is 12.5. The fourth-order valence-corrected chi connectivity index (χ4v) is 6.23. The van der Waals surface area contributed by atoms with Gasteiger partial charge in [-0.15, -0.1) is 12.4 Å². The highest BCUT2D eigenvalue weighted by molar-refractivity contribution is 5.85. The molecule has 0 aromatic carbocycles. The van der Waals surface area contributed by atoms with Gasteiger partial charge in [-0.3, -0.25) is 9.69 Å². The second-order valence-corrected chi connectivity index (χ2v) is 8.10. The first-order valence-corrected chi connectivity index (χ1v) is 8.20. The van der Waals surface area contributed by atoms with Crippen LogP contribution in [0.1, 0.15) is 44.9 Å². The highest BCUT2D eigenvalue weighted by Crippen LogP contribution is 2.60. The monoisotopic (exact) mass is 316 g/mol. The van der Waals surface area contributed by atoms with Crippen molar-refractivity contribution in [3.05, 3.63) is 0 Å². The van der Waals surface area contributed by atoms with Crippen molar-refractivity contribution in [2.75, 3.05) is 13.1 Å². The molecule has 0 radical (unpaired) electrons. The lowest BCUT2D eigenvalue weighted by Gasteiger charge is -2.58. The predicted octanol–water partition coefficient (Wildman–Crippen LogP) is 2.52. The first-order chi connectivity index (χ1) is 9.53. The van der Waals surface area contributed by atoms with E-state index in [2.05, 4.69) is 4.90 Å². The van der Waals surface area contributed by atoms with Crippen LogP contribution in [0.2, 0.25) is 0 Å². The van der Waals surface area contributed by atoms with Crippen molar-refractivity contribution < 1.29 is 9.18 Å². The number of rotatable bonds is 3. The first kappa shape index (κ1) is 15.5. The molecule has 1 amide bonds. The third kappa shape index (κ3) is 2.70. The number of carbonyl (C=O) groups is 1. The fraction of sp³-hybridized carbons (Fsp3) is 0.938. The van der Waals surface area contributed by atoms with Crippen molar-refractivity contribution in [2.24, 2.45) is 28.9 Å². The number of primary amides is 1. The maximum atomic E-state index is 13.7. The molecule has 5 aliphatic rings. The number of carbonyl (C=O) groups excluding carboxylic acids is 1. The SMILES string of the molecule is Cl.NC(=O)C1CC(F)CN1CC12CC3CC(CC(C3)C1)C2. The summed E-state index contributed by atoms with van der Waals surface area (Å²) in [5.74, 6) is 2.36. The number of halogens is 2. The molecule has 4 saturated carbocycles. The van der Waals surface area contributed by atoms with Crippen LogP contribution < -0.4 is 5.73 Å². The average molecular weight is 317 g/mol. The van der Waals surface area contributed by atoms with E-state index in [9.17, 15) is 9.18 Å². The van der Waals surface area contributed by atoms with Gasteiger partial charge in [0.1, 0.15) is 6.17 Å². The van der Waals surface area contributed by atoms with Crippen LogP contribution in [0.25, 0.3) is 0 Å². The second kappa shape index (κ2) is 5.38. The standard InChI is InChI=1S/C16H25FN2O.ClH/c17-13-4-14(15(18)20)19(8-13)9-16-5-10-1-11(6-16)3-12(2-10)7-16;/h10-14H,1-9H2,(H2,18,20);1H. The van der Waals surface area contributed by atoms with E-state index in [1.807, 2.05) is 0 Å². The maximum absolute atomic E-state index is 13.7. The van der Waals surface area contributed by atoms with Crippen molar-refractivity contribution in [3.8, 4) is 0 Å². The van der Waals surface area contributed by atoms with Crippen molar-refractivity contribution in [1.82, 2.24) is 4.90 Å². The molecular formula is C16H26ClFN2O. The topological polar surface area (TPSA) is 46.3 Å². The van der Waals surface area contributed by atoms with E-state index in [0.29, 0.717) is 18.4 Å². The van der Waals surface area contributed by atoms with Crippen LogP contribution in [0.15, 0.2) is 0 Å². The average Bonchev–Trinajstić information content (AvgIpc) is 2.67. The van der Waals surface area contributed by atoms with E-state index >= 15 is 0 Å². The molecule has 2 unspecified atom stereocenters. The van der Waals surface area contributed by atoms with E-state index < -0.39 is 6.17 Å². The summed E-state index contributed by atoms with van der Waals surface area (Å²) in [5.41, 5.74) is 5.84. The summed E-state index contributed by atoms with van der Waals surface area (Å²) < 4.78 is 13.7. The normalized spacial score (nSPS) is 48.3. The van der Waals surface area contributed by atoms with Crippen molar-refractivity contribution in [3.63, 3.8) is 0 Å². The van der Waals surface area contributed by atoms with Crippen molar-refractivity contribution in [1.29, 1.82) is 0 Å². The molecule has 2 N–H and O–H groups in total. The molecule has 21 heavy (non-hydrogen) atoms. The molecule has 0 aromatic rings. The Morgan fingerprint density at radius 3 is 2.10 bits per heavy atom. The van der Waals surface area contributed by atoms with Gasteiger partial charge in [0, 0.05) is 19.5 Å². The minimum atomic E-state index is -0.874. The Balaban J connectivity index is 0.00000132. The molecule has 120 valence electrons. The Kier molecular flexibility index (Phi) is 3.98. The Morgan fingerprint density at radius 2 is 1.62 bits per heavy atom. The summed E-state index contributed by atoms with van der Waals surface area (Å²) in [7, 11) is 0. The molecule has 3 nitrogen and oxygen atoms in total. The van der Waals surface area contributed by atoms with Crippen molar-refractivity contribution in [2.45, 2.75) is 57.2 Å². The summed E-state index contributed by atoms with van der Waals surface area (Å²) in [6, 6.07) is -0.363. The van der Waals surface area contributed by atoms with E-state index in [0.717, 1.165) is 24.3 Å². The number of hydrogen-bond acceptors (Lipinski definition) is 2. The van der Waals surface area contributed by atoms with Gasteiger partial charge in [-0.1, -0.05) is 0 Å². The Morgan fingerprint density at radius 1 is 1.10 bits per heavy atom. The van der Waals surface area contributed by atoms with Gasteiger partial charge >= 0.3 is 0 Å². The smallest absolute Gasteiger partial charge is 0.234 e. The summed E-state index contributed by atoms with van der Waals surface area (Å²) >= 11 is 0. The van der Waals surface area contributed by atoms with Crippen LogP contribution in [0, 0.1) is 23.2 Å². The van der Waals surface area contributed by atoms with Gasteiger partial charge in [0.15, 0.2) is 0 Å². The van der Waals surface area contributed by atoms with Crippen LogP contribution in [-0.2, 0) is 4.79 Å². The second-order valence-electron chi connectivity index (χ2n) is 8.10. The zero-order valence-corrected chi connectivity index (χ0v) is 13.3. The highest BCUT2D eigenvalue weighted by atomic mass is 35.5. The van der Waals surface area contributed by atoms with Crippen molar-refractivity contribution >= 4 is 18.3 Å². The predicted molar refractivity (Wildman–Crippen MR) is 81.9 cm³/mol. The van der Waals surface area contributed by atoms with E-state index in [-0.39, 0.29) is 24.4 Å². The van der Waals surface area contributed by atoms with Crippen LogP contribution in [0.4, 0.5) is 4.39 Å². The highest BCUT2D eigenvalue weighted by Gasteiger charge is 2.52. The third-order valence-electron chi connectivity index (χ3n) is 6.38. The minimum Gasteiger partial charge on any atom is -0.368 e. The molecule has 1 saturated heterocycles. The Labute approximate surface area is 132 Å². The summed E-state index contributed by atoms with van der Waals surface area (Å²) in [6.07, 6.45) is 7.61. The molecule has 2 atom stereocenters. The Hall–Kier alpha value is -0.350. The van der Waals surface area contributed by atoms with Crippen LogP contribution in [0.3, 0.4) is 0 Å². The molecule has 4 bridgehead atoms. The number of likely N-dealkylation sites (tertiary alicyclic amines) is 1. The van der Waals surface area contributed by atoms with Crippen LogP contribution >= 0.6 is 12.4 Å². The molecule has 5 fully saturated rings. The number of alkyl halides is 1. The largest absolute Gasteiger partial charge is 0.368 e. The molecular weight excluding hydrogens is 291 g/mol. The lowest BCUT2D eigenvalue weighted by molar-refractivity contribution is -0.124. The quantitative estimate of drug-likeness (QED) is 0.869. The molecule has 0 aromatic heterocycles. The van der Waals surface area contributed by atoms with Gasteiger partial charge in [-0.05, 0) is 61.7 Å². The zero-order chi connectivity index (χ0) is 13.9. The van der Waals surface area contributed by atoms with Gasteiger partial charge in [0.25, 0.3) is 0 Å². The van der Waals surface area contributed by atoms with Gasteiger partial charge < -0.3 is 5.73 Å². The third-order valence-corrected chi connectivity index (χ3v) is 6.38. The van der Waals surface area contributed by atoms with Gasteiger partial charge in [0.2, 0.25) is 5.91 Å². The fourth-order valence-electron chi connectivity index (χ4n) is 6.23. The number of nitrogens with two attached hydrogens (primary N) is 1. The van der Waals surface area contributed by atoms with Crippen LogP contribution in [-0.4, -0.2) is 36.1 Å². The van der Waals surface area contributed by atoms with Gasteiger partial charge in [-0.2, -0.15) is 0 Å². The molecule has 4 aliphatic carbocycles. The summed E-state index contributed by atoms with van der Waals surface area (Å²) in [5, 5.41) is 0. The van der Waals surface area contributed by atoms with Gasteiger partial charge in [0.05, 0.1) is 6.04 Å². The molecule has 1 heterocycles. The van der Waals surface area contributed by atoms with E-state index in [1.165, 1.54) is 38.5 Å². The minimum absolute atomic E-state index is 0. The van der Waals surface area contributed by atoms with E-state index in [4.69, 9.17) is 5.73 Å². The Bertz CT molecular complexity index is 395. The molecule has 0 spiro atoms. The van der Waals surface area contributed by atoms with Crippen LogP contribution in [0.5, 0.6) is 0 Å². The summed E-state index contributed by atoms with van der Waals surface area (Å²) in [4.78, 5) is 13.6.